The Bertz CT molecular complexity index is 476. The van der Waals surface area contributed by atoms with Crippen LogP contribution in [0.1, 0.15) is 31.7 Å². The van der Waals surface area contributed by atoms with Gasteiger partial charge in [-0.25, -0.2) is 0 Å². The molecule has 1 saturated carbocycles. The maximum atomic E-state index is 11.8. The Morgan fingerprint density at radius 3 is 2.61 bits per heavy atom. The second kappa shape index (κ2) is 4.30. The summed E-state index contributed by atoms with van der Waals surface area (Å²) >= 11 is 0. The molecule has 18 heavy (non-hydrogen) atoms. The van der Waals surface area contributed by atoms with E-state index in [0.717, 1.165) is 17.9 Å². The molecule has 0 radical (unpaired) electrons. The first-order chi connectivity index (χ1) is 8.31. The van der Waals surface area contributed by atoms with Crippen molar-refractivity contribution in [3.8, 4) is 0 Å². The van der Waals surface area contributed by atoms with Gasteiger partial charge in [0.2, 0.25) is 5.91 Å². The predicted octanol–water partition coefficient (Wildman–Crippen LogP) is 1.24. The summed E-state index contributed by atoms with van der Waals surface area (Å²) in [7, 11) is 0. The van der Waals surface area contributed by atoms with Gasteiger partial charge < -0.3 is 11.1 Å². The zero-order valence-corrected chi connectivity index (χ0v) is 11.6. The molecule has 100 valence electrons. The lowest BCUT2D eigenvalue weighted by atomic mass is 10.1. The van der Waals surface area contributed by atoms with Crippen molar-refractivity contribution in [3.63, 3.8) is 0 Å². The monoisotopic (exact) mass is 250 g/mol. The largest absolute Gasteiger partial charge is 0.396 e. The highest BCUT2D eigenvalue weighted by Crippen LogP contribution is 2.50. The SMILES string of the molecule is Cc1nn(CC(=O)NCC2CC2(C)C)c(C)c1N. The number of nitrogens with zero attached hydrogens (tertiary/aromatic N) is 2. The molecule has 0 aromatic carbocycles. The third-order valence-electron chi connectivity index (χ3n) is 3.99. The average Bonchev–Trinajstić information content (AvgIpc) is 2.84. The maximum Gasteiger partial charge on any atom is 0.241 e. The number of nitrogens with two attached hydrogens (primary N) is 1. The molecule has 1 aromatic heterocycles. The van der Waals surface area contributed by atoms with Gasteiger partial charge >= 0.3 is 0 Å². The molecule has 5 nitrogen and oxygen atoms in total. The summed E-state index contributed by atoms with van der Waals surface area (Å²) in [6.07, 6.45) is 1.19. The fourth-order valence-corrected chi connectivity index (χ4v) is 2.22. The topological polar surface area (TPSA) is 72.9 Å². The summed E-state index contributed by atoms with van der Waals surface area (Å²) in [5, 5.41) is 7.22. The number of nitrogen functional groups attached to an aromatic ring is 1. The Balaban J connectivity index is 1.86. The van der Waals surface area contributed by atoms with Crippen LogP contribution in [0.5, 0.6) is 0 Å². The number of aryl methyl sites for hydroxylation is 1. The highest BCUT2D eigenvalue weighted by molar-refractivity contribution is 5.76. The zero-order chi connectivity index (χ0) is 13.5. The van der Waals surface area contributed by atoms with E-state index in [2.05, 4.69) is 24.3 Å². The highest BCUT2D eigenvalue weighted by atomic mass is 16.2. The van der Waals surface area contributed by atoms with E-state index in [0.29, 0.717) is 17.0 Å². The first-order valence-electron chi connectivity index (χ1n) is 6.37. The van der Waals surface area contributed by atoms with E-state index in [4.69, 9.17) is 5.73 Å². The average molecular weight is 250 g/mol. The molecular formula is C13H22N4O. The molecule has 1 heterocycles. The molecule has 3 N–H and O–H groups in total. The summed E-state index contributed by atoms with van der Waals surface area (Å²) < 4.78 is 1.66. The Labute approximate surface area is 108 Å². The van der Waals surface area contributed by atoms with Crippen LogP contribution in [0, 0.1) is 25.2 Å². The van der Waals surface area contributed by atoms with Crippen molar-refractivity contribution in [2.75, 3.05) is 12.3 Å². The van der Waals surface area contributed by atoms with Crippen molar-refractivity contribution in [2.45, 2.75) is 40.7 Å². The molecule has 1 aliphatic rings. The fourth-order valence-electron chi connectivity index (χ4n) is 2.22. The normalized spacial score (nSPS) is 20.8. The first kappa shape index (κ1) is 12.9. The van der Waals surface area contributed by atoms with E-state index in [9.17, 15) is 4.79 Å². The van der Waals surface area contributed by atoms with Crippen LogP contribution >= 0.6 is 0 Å². The molecule has 0 saturated heterocycles. The lowest BCUT2D eigenvalue weighted by Crippen LogP contribution is -2.30. The van der Waals surface area contributed by atoms with Gasteiger partial charge in [0.15, 0.2) is 0 Å². The van der Waals surface area contributed by atoms with Gasteiger partial charge in [-0.3, -0.25) is 9.48 Å². The quantitative estimate of drug-likeness (QED) is 0.844. The van der Waals surface area contributed by atoms with Crippen molar-refractivity contribution in [2.24, 2.45) is 11.3 Å². The Morgan fingerprint density at radius 2 is 2.17 bits per heavy atom. The van der Waals surface area contributed by atoms with Crippen molar-refractivity contribution in [1.29, 1.82) is 0 Å². The number of aromatic nitrogens is 2. The molecule has 1 atom stereocenters. The third kappa shape index (κ3) is 2.49. The van der Waals surface area contributed by atoms with E-state index < -0.39 is 0 Å². The minimum Gasteiger partial charge on any atom is -0.396 e. The molecule has 0 bridgehead atoms. The number of rotatable bonds is 4. The number of hydrogen-bond acceptors (Lipinski definition) is 3. The number of amides is 1. The Kier molecular flexibility index (Phi) is 3.09. The molecule has 1 aliphatic carbocycles. The summed E-state index contributed by atoms with van der Waals surface area (Å²) in [4.78, 5) is 11.8. The molecule has 2 rings (SSSR count). The number of anilines is 1. The van der Waals surface area contributed by atoms with Crippen LogP contribution in [0.2, 0.25) is 0 Å². The van der Waals surface area contributed by atoms with Crippen LogP contribution in [0.4, 0.5) is 5.69 Å². The molecule has 5 heteroatoms. The van der Waals surface area contributed by atoms with Gasteiger partial charge in [-0.15, -0.1) is 0 Å². The Morgan fingerprint density at radius 1 is 1.56 bits per heavy atom. The summed E-state index contributed by atoms with van der Waals surface area (Å²) in [5.41, 5.74) is 8.54. The fraction of sp³-hybridized carbons (Fsp3) is 0.692. The second-order valence-electron chi connectivity index (χ2n) is 5.94. The van der Waals surface area contributed by atoms with Gasteiger partial charge in [-0.05, 0) is 31.6 Å². The van der Waals surface area contributed by atoms with Crippen molar-refractivity contribution >= 4 is 11.6 Å². The van der Waals surface area contributed by atoms with Crippen LogP contribution in [0.25, 0.3) is 0 Å². The van der Waals surface area contributed by atoms with Gasteiger partial charge in [0.1, 0.15) is 6.54 Å². The summed E-state index contributed by atoms with van der Waals surface area (Å²) in [6.45, 7) is 9.20. The molecule has 0 spiro atoms. The van der Waals surface area contributed by atoms with Gasteiger partial charge in [-0.1, -0.05) is 13.8 Å². The third-order valence-corrected chi connectivity index (χ3v) is 3.99. The molecule has 1 amide bonds. The van der Waals surface area contributed by atoms with Gasteiger partial charge in [-0.2, -0.15) is 5.10 Å². The van der Waals surface area contributed by atoms with Gasteiger partial charge in [0, 0.05) is 6.54 Å². The van der Waals surface area contributed by atoms with Gasteiger partial charge in [0.25, 0.3) is 0 Å². The molecule has 1 unspecified atom stereocenters. The Hall–Kier alpha value is -1.52. The van der Waals surface area contributed by atoms with E-state index in [-0.39, 0.29) is 12.5 Å². The molecule has 1 aromatic rings. The number of carbonyl (C=O) groups is 1. The van der Waals surface area contributed by atoms with Crippen LogP contribution in [-0.4, -0.2) is 22.2 Å². The minimum atomic E-state index is 0.00306. The maximum absolute atomic E-state index is 11.8. The van der Waals surface area contributed by atoms with E-state index in [1.807, 2.05) is 13.8 Å². The van der Waals surface area contributed by atoms with Crippen LogP contribution in [0.3, 0.4) is 0 Å². The first-order valence-corrected chi connectivity index (χ1v) is 6.37. The number of hydrogen-bond donors (Lipinski definition) is 2. The van der Waals surface area contributed by atoms with Gasteiger partial charge in [0.05, 0.1) is 17.1 Å². The molecule has 0 aliphatic heterocycles. The smallest absolute Gasteiger partial charge is 0.241 e. The van der Waals surface area contributed by atoms with E-state index in [1.54, 1.807) is 4.68 Å². The van der Waals surface area contributed by atoms with Crippen LogP contribution in [0.15, 0.2) is 0 Å². The lowest BCUT2D eigenvalue weighted by Gasteiger charge is -2.07. The molecule has 1 fully saturated rings. The van der Waals surface area contributed by atoms with Crippen molar-refractivity contribution in [1.82, 2.24) is 15.1 Å². The highest BCUT2D eigenvalue weighted by Gasteiger charge is 2.45. The molecular weight excluding hydrogens is 228 g/mol. The van der Waals surface area contributed by atoms with Crippen LogP contribution < -0.4 is 11.1 Å². The second-order valence-corrected chi connectivity index (χ2v) is 5.94. The number of carbonyl (C=O) groups excluding carboxylic acids is 1. The van der Waals surface area contributed by atoms with Crippen molar-refractivity contribution in [3.05, 3.63) is 11.4 Å². The van der Waals surface area contributed by atoms with Crippen molar-refractivity contribution < 1.29 is 4.79 Å². The number of nitrogens with one attached hydrogen (secondary N) is 1. The predicted molar refractivity (Wildman–Crippen MR) is 71.0 cm³/mol. The zero-order valence-electron chi connectivity index (χ0n) is 11.6. The van der Waals surface area contributed by atoms with Crippen LogP contribution in [-0.2, 0) is 11.3 Å². The van der Waals surface area contributed by atoms with E-state index >= 15 is 0 Å². The lowest BCUT2D eigenvalue weighted by molar-refractivity contribution is -0.121. The standard InChI is InChI=1S/C13H22N4O/c1-8-12(14)9(2)17(16-8)7-11(18)15-6-10-5-13(10,3)4/h10H,5-7,14H2,1-4H3,(H,15,18). The summed E-state index contributed by atoms with van der Waals surface area (Å²) in [5.74, 6) is 0.621. The summed E-state index contributed by atoms with van der Waals surface area (Å²) in [6, 6.07) is 0. The minimum absolute atomic E-state index is 0.00306. The van der Waals surface area contributed by atoms with E-state index in [1.165, 1.54) is 6.42 Å².